The molecule has 3 heteroatoms. The van der Waals surface area contributed by atoms with Crippen LogP contribution in [0.2, 0.25) is 0 Å². The molecule has 71 heavy (non-hydrogen) atoms. The number of hydrogen-bond donors (Lipinski definition) is 0. The Labute approximate surface area is 421 Å². The second-order valence-electron chi connectivity index (χ2n) is 25.7. The van der Waals surface area contributed by atoms with Crippen LogP contribution in [0.3, 0.4) is 0 Å². The third-order valence-corrected chi connectivity index (χ3v) is 19.7. The molecule has 0 N–H and O–H groups in total. The van der Waals surface area contributed by atoms with Gasteiger partial charge < -0.3 is 9.71 Å². The van der Waals surface area contributed by atoms with Gasteiger partial charge in [0.1, 0.15) is 0 Å². The van der Waals surface area contributed by atoms with Crippen molar-refractivity contribution in [3.63, 3.8) is 0 Å². The molecule has 348 valence electrons. The number of benzene rings is 8. The molecule has 4 aliphatic carbocycles. The molecular formula is C68H63BN2. The van der Waals surface area contributed by atoms with Crippen molar-refractivity contribution in [1.82, 2.24) is 0 Å². The topological polar surface area (TPSA) is 6.48 Å². The van der Waals surface area contributed by atoms with E-state index in [4.69, 9.17) is 0 Å². The van der Waals surface area contributed by atoms with Gasteiger partial charge in [0, 0.05) is 33.7 Å². The smallest absolute Gasteiger partial charge is 0.333 e. The Morgan fingerprint density at radius 3 is 1.55 bits per heavy atom. The Balaban J connectivity index is 1.14. The maximum atomic E-state index is 2.86. The number of para-hydroxylation sites is 2. The summed E-state index contributed by atoms with van der Waals surface area (Å²) in [6, 6.07) is 60.5. The zero-order valence-corrected chi connectivity index (χ0v) is 43.2. The van der Waals surface area contributed by atoms with Crippen molar-refractivity contribution in [3.8, 4) is 33.4 Å². The summed E-state index contributed by atoms with van der Waals surface area (Å²) in [7, 11) is 0. The van der Waals surface area contributed by atoms with E-state index in [0.29, 0.717) is 0 Å². The fraction of sp³-hybridized carbons (Fsp3) is 0.294. The summed E-state index contributed by atoms with van der Waals surface area (Å²) in [6.07, 6.45) is 4.71. The Bertz CT molecular complexity index is 3680. The van der Waals surface area contributed by atoms with Crippen molar-refractivity contribution < 1.29 is 0 Å². The van der Waals surface area contributed by atoms with Crippen LogP contribution < -0.4 is 20.6 Å². The highest BCUT2D eigenvalue weighted by Crippen LogP contribution is 2.66. The van der Waals surface area contributed by atoms with Crippen LogP contribution in [-0.2, 0) is 32.5 Å². The number of fused-ring (bicyclic) bond motifs is 19. The normalized spacial score (nSPS) is 20.1. The summed E-state index contributed by atoms with van der Waals surface area (Å²) in [4.78, 5) is 5.60. The lowest BCUT2D eigenvalue weighted by Gasteiger charge is -2.53. The van der Waals surface area contributed by atoms with Gasteiger partial charge in [-0.2, -0.15) is 0 Å². The molecule has 15 rings (SSSR count). The minimum absolute atomic E-state index is 0.0294. The molecule has 1 spiro atoms. The molecule has 2 nitrogen and oxygen atoms in total. The average Bonchev–Trinajstić information content (AvgIpc) is 3.80. The van der Waals surface area contributed by atoms with Crippen molar-refractivity contribution in [3.05, 3.63) is 207 Å². The summed E-state index contributed by atoms with van der Waals surface area (Å²) in [6.45, 7) is 24.9. The first-order valence-corrected chi connectivity index (χ1v) is 26.6. The molecule has 0 amide bonds. The molecule has 0 fully saturated rings. The molecule has 8 aromatic carbocycles. The standard InChI is InChI=1S/C68H63BN2/c1-63(2)32-33-64(3,4)52-36-40(30-31-49(52)63)71-57-39-54-53(65(5,6)34-35-66(54,7)8)37-45(57)59-60-44(43-22-11-14-23-46(43)67(60,9)10)38-58-61(59)69(71)55-28-19-27-51-62(55)70(58)56-29-18-17-26-50(56)68(51)47-24-15-12-20-41(47)42-21-13-16-25-48(42)68/h11-31,36-39H,32-35H2,1-10H3. The second-order valence-corrected chi connectivity index (χ2v) is 25.7. The number of anilines is 5. The summed E-state index contributed by atoms with van der Waals surface area (Å²) >= 11 is 0. The highest BCUT2D eigenvalue weighted by molar-refractivity contribution is 6.93. The van der Waals surface area contributed by atoms with Crippen molar-refractivity contribution in [2.45, 2.75) is 127 Å². The molecular weight excluding hydrogens is 856 g/mol. The van der Waals surface area contributed by atoms with E-state index in [0.717, 1.165) is 0 Å². The van der Waals surface area contributed by atoms with Gasteiger partial charge in [-0.15, -0.1) is 0 Å². The van der Waals surface area contributed by atoms with Crippen LogP contribution in [0.4, 0.5) is 28.4 Å². The van der Waals surface area contributed by atoms with E-state index < -0.39 is 5.41 Å². The number of rotatable bonds is 1. The monoisotopic (exact) mass is 919 g/mol. The van der Waals surface area contributed by atoms with E-state index in [9.17, 15) is 0 Å². The molecule has 0 saturated heterocycles. The molecule has 7 aliphatic rings. The van der Waals surface area contributed by atoms with Gasteiger partial charge >= 0.3 is 6.85 Å². The second kappa shape index (κ2) is 13.3. The predicted octanol–water partition coefficient (Wildman–Crippen LogP) is 16.1. The fourth-order valence-electron chi connectivity index (χ4n) is 15.9. The lowest BCUT2D eigenvalue weighted by molar-refractivity contribution is 0.332. The molecule has 3 aliphatic heterocycles. The van der Waals surface area contributed by atoms with Crippen molar-refractivity contribution in [1.29, 1.82) is 0 Å². The van der Waals surface area contributed by atoms with E-state index in [-0.39, 0.29) is 33.9 Å². The van der Waals surface area contributed by atoms with Gasteiger partial charge in [0.05, 0.1) is 11.1 Å². The zero-order chi connectivity index (χ0) is 48.5. The maximum Gasteiger partial charge on any atom is 0.333 e. The number of hydrogen-bond acceptors (Lipinski definition) is 2. The zero-order valence-electron chi connectivity index (χ0n) is 43.2. The van der Waals surface area contributed by atoms with E-state index in [1.165, 1.54) is 154 Å². The Morgan fingerprint density at radius 1 is 0.380 bits per heavy atom. The van der Waals surface area contributed by atoms with E-state index in [2.05, 4.69) is 231 Å². The van der Waals surface area contributed by atoms with Gasteiger partial charge in [-0.3, -0.25) is 0 Å². The summed E-state index contributed by atoms with van der Waals surface area (Å²) in [5, 5.41) is 0. The molecule has 3 heterocycles. The van der Waals surface area contributed by atoms with Crippen LogP contribution in [0.15, 0.2) is 152 Å². The molecule has 0 aromatic heterocycles. The first-order valence-electron chi connectivity index (χ1n) is 26.6. The largest absolute Gasteiger partial charge is 0.376 e. The fourth-order valence-corrected chi connectivity index (χ4v) is 15.9. The van der Waals surface area contributed by atoms with Crippen molar-refractivity contribution in [2.75, 3.05) is 9.71 Å². The lowest BCUT2D eigenvalue weighted by atomic mass is 9.41. The quantitative estimate of drug-likeness (QED) is 0.151. The lowest BCUT2D eigenvalue weighted by Crippen LogP contribution is -2.63. The molecule has 0 bridgehead atoms. The van der Waals surface area contributed by atoms with Gasteiger partial charge in [0.2, 0.25) is 0 Å². The molecule has 0 radical (unpaired) electrons. The van der Waals surface area contributed by atoms with Crippen LogP contribution in [0.1, 0.15) is 151 Å². The highest BCUT2D eigenvalue weighted by Gasteiger charge is 2.57. The summed E-state index contributed by atoms with van der Waals surface area (Å²) in [5.41, 5.74) is 31.5. The molecule has 8 aromatic rings. The molecule has 0 unspecified atom stereocenters. The third kappa shape index (κ3) is 5.02. The van der Waals surface area contributed by atoms with Gasteiger partial charge in [-0.25, -0.2) is 0 Å². The minimum Gasteiger partial charge on any atom is -0.376 e. The maximum absolute atomic E-state index is 2.86. The SMILES string of the molecule is CC1(C)CCC(C)(C)c2cc(N3B4c5cccc6c5N(c5ccccc5C65c6ccccc6-c6ccccc65)c5cc6c(c(c54)-c4cc5c(cc43)C(C)(C)CCC5(C)C)C(C)(C)c3ccccc3-6)ccc21. The van der Waals surface area contributed by atoms with Crippen LogP contribution in [-0.4, -0.2) is 6.85 Å². The van der Waals surface area contributed by atoms with Gasteiger partial charge in [0.15, 0.2) is 0 Å². The van der Waals surface area contributed by atoms with Gasteiger partial charge in [0.25, 0.3) is 0 Å². The summed E-state index contributed by atoms with van der Waals surface area (Å²) < 4.78 is 0. The molecule has 0 atom stereocenters. The minimum atomic E-state index is -0.509. The Morgan fingerprint density at radius 2 is 0.901 bits per heavy atom. The third-order valence-electron chi connectivity index (χ3n) is 19.7. The number of nitrogens with zero attached hydrogens (tertiary/aromatic N) is 2. The van der Waals surface area contributed by atoms with Crippen LogP contribution in [0.25, 0.3) is 33.4 Å². The highest BCUT2D eigenvalue weighted by atomic mass is 15.2. The van der Waals surface area contributed by atoms with Crippen LogP contribution in [0, 0.1) is 0 Å². The molecule has 0 saturated carbocycles. The van der Waals surface area contributed by atoms with Crippen LogP contribution in [0.5, 0.6) is 0 Å². The summed E-state index contributed by atoms with van der Waals surface area (Å²) in [5.74, 6) is 0. The van der Waals surface area contributed by atoms with Crippen molar-refractivity contribution >= 4 is 46.2 Å². The first kappa shape index (κ1) is 42.1. The first-order chi connectivity index (χ1) is 34.0. The van der Waals surface area contributed by atoms with E-state index >= 15 is 0 Å². The van der Waals surface area contributed by atoms with E-state index in [1.54, 1.807) is 0 Å². The van der Waals surface area contributed by atoms with Crippen molar-refractivity contribution in [2.24, 2.45) is 0 Å². The van der Waals surface area contributed by atoms with Crippen LogP contribution >= 0.6 is 0 Å². The van der Waals surface area contributed by atoms with Gasteiger partial charge in [-0.1, -0.05) is 184 Å². The van der Waals surface area contributed by atoms with Gasteiger partial charge in [-0.05, 0) is 178 Å². The Hall–Kier alpha value is -6.58. The average molecular weight is 919 g/mol. The predicted molar refractivity (Wildman–Crippen MR) is 299 cm³/mol. The Kier molecular flexibility index (Phi) is 7.88. The van der Waals surface area contributed by atoms with E-state index in [1.807, 2.05) is 0 Å².